The number of phenolic OH excluding ortho intramolecular Hbond substituents is 1. The summed E-state index contributed by atoms with van der Waals surface area (Å²) < 4.78 is 0.847. The van der Waals surface area contributed by atoms with E-state index in [-0.39, 0.29) is 16.9 Å². The van der Waals surface area contributed by atoms with Gasteiger partial charge in [-0.05, 0) is 88.6 Å². The summed E-state index contributed by atoms with van der Waals surface area (Å²) in [5, 5.41) is 9.94. The van der Waals surface area contributed by atoms with E-state index in [1.54, 1.807) is 6.07 Å². The minimum absolute atomic E-state index is 0.165. The molecule has 0 aliphatic heterocycles. The van der Waals surface area contributed by atoms with Gasteiger partial charge in [-0.15, -0.1) is 0 Å². The second-order valence-electron chi connectivity index (χ2n) is 7.31. The van der Waals surface area contributed by atoms with Crippen LogP contribution in [0.5, 0.6) is 5.75 Å². The number of benzene rings is 1. The number of phenols is 1. The average Bonchev–Trinajstić information content (AvgIpc) is 2.78. The van der Waals surface area contributed by atoms with Crippen LogP contribution in [-0.4, -0.2) is 15.8 Å². The Morgan fingerprint density at radius 1 is 1.36 bits per heavy atom. The van der Waals surface area contributed by atoms with Gasteiger partial charge in [-0.25, -0.2) is 0 Å². The molecule has 0 radical (unpaired) electrons. The van der Waals surface area contributed by atoms with E-state index in [1.807, 2.05) is 6.07 Å². The third kappa shape index (κ3) is 1.95. The summed E-state index contributed by atoms with van der Waals surface area (Å²) in [6.07, 6.45) is 5.07. The van der Waals surface area contributed by atoms with Crippen molar-refractivity contribution in [3.63, 3.8) is 0 Å². The molecule has 3 aliphatic carbocycles. The predicted molar refractivity (Wildman–Crippen MR) is 98.7 cm³/mol. The minimum atomic E-state index is 0.165. The highest BCUT2D eigenvalue weighted by atomic mass is 127. The Kier molecular flexibility index (Phi) is 3.42. The Bertz CT molecular complexity index is 699. The minimum Gasteiger partial charge on any atom is -0.507 e. The lowest BCUT2D eigenvalue weighted by molar-refractivity contribution is 0.0718. The Hall–Kier alpha value is -0.490. The fourth-order valence-electron chi connectivity index (χ4n) is 5.18. The molecule has 0 spiro atoms. The van der Waals surface area contributed by atoms with Crippen molar-refractivity contribution >= 4 is 45.5 Å². The number of rotatable bonds is 0. The molecule has 2 nitrogen and oxygen atoms in total. The largest absolute Gasteiger partial charge is 0.507 e. The highest BCUT2D eigenvalue weighted by molar-refractivity contribution is 14.1. The van der Waals surface area contributed by atoms with Gasteiger partial charge in [-0.1, -0.05) is 19.1 Å². The van der Waals surface area contributed by atoms with Gasteiger partial charge in [0.25, 0.3) is 0 Å². The standard InChI is InChI=1S/C18H19IO2S/c1-18-5-4-9-10-6-14(19)16(21)8-12(10)15(20)7-11(9)13(18)2-3-17(18)22/h6,8-9,11,13,21H,2-5,7H2,1H3/t9-,11-,13+,18+/m1/s1. The molecule has 4 rings (SSSR count). The Labute approximate surface area is 149 Å². The third-order valence-corrected chi connectivity index (χ3v) is 7.92. The molecule has 0 heterocycles. The van der Waals surface area contributed by atoms with Crippen molar-refractivity contribution in [2.75, 3.05) is 0 Å². The van der Waals surface area contributed by atoms with Gasteiger partial charge in [0.1, 0.15) is 5.75 Å². The molecular formula is C18H19IO2S. The molecule has 2 fully saturated rings. The summed E-state index contributed by atoms with van der Waals surface area (Å²) >= 11 is 7.81. The van der Waals surface area contributed by atoms with E-state index >= 15 is 0 Å². The van der Waals surface area contributed by atoms with E-state index in [1.165, 1.54) is 10.4 Å². The Balaban J connectivity index is 1.81. The van der Waals surface area contributed by atoms with Crippen molar-refractivity contribution in [3.05, 3.63) is 26.8 Å². The topological polar surface area (TPSA) is 37.3 Å². The van der Waals surface area contributed by atoms with Crippen LogP contribution in [0.15, 0.2) is 12.1 Å². The number of thiocarbonyl (C=S) groups is 1. The first-order chi connectivity index (χ1) is 10.4. The van der Waals surface area contributed by atoms with E-state index in [0.717, 1.165) is 34.8 Å². The van der Waals surface area contributed by atoms with Gasteiger partial charge in [0.05, 0.1) is 3.57 Å². The molecule has 1 aromatic rings. The van der Waals surface area contributed by atoms with Crippen molar-refractivity contribution in [1.82, 2.24) is 0 Å². The first-order valence-corrected chi connectivity index (χ1v) is 9.49. The smallest absolute Gasteiger partial charge is 0.163 e. The zero-order valence-electron chi connectivity index (χ0n) is 12.6. The van der Waals surface area contributed by atoms with Gasteiger partial charge < -0.3 is 5.11 Å². The molecule has 0 unspecified atom stereocenters. The highest BCUT2D eigenvalue weighted by Gasteiger charge is 2.53. The number of carbonyl (C=O) groups is 1. The lowest BCUT2D eigenvalue weighted by Crippen LogP contribution is -2.43. The SMILES string of the molecule is C[C@]12CC[C@@H]3c4cc(I)c(O)cc4C(=O)C[C@H]3[C@@H]1CCC2=S. The van der Waals surface area contributed by atoms with Gasteiger partial charge >= 0.3 is 0 Å². The molecular weight excluding hydrogens is 407 g/mol. The predicted octanol–water partition coefficient (Wildman–Crippen LogP) is 4.86. The van der Waals surface area contributed by atoms with Crippen molar-refractivity contribution in [1.29, 1.82) is 0 Å². The first kappa shape index (κ1) is 15.1. The maximum atomic E-state index is 12.6. The lowest BCUT2D eigenvalue weighted by atomic mass is 9.55. The number of fused-ring (bicyclic) bond motifs is 5. The van der Waals surface area contributed by atoms with Gasteiger partial charge in [-0.2, -0.15) is 0 Å². The van der Waals surface area contributed by atoms with Crippen LogP contribution >= 0.6 is 34.8 Å². The summed E-state index contributed by atoms with van der Waals surface area (Å²) in [7, 11) is 0. The van der Waals surface area contributed by atoms with Crippen LogP contribution in [0.1, 0.15) is 60.9 Å². The summed E-state index contributed by atoms with van der Waals surface area (Å²) in [4.78, 5) is 13.9. The quantitative estimate of drug-likeness (QED) is 0.476. The van der Waals surface area contributed by atoms with Crippen LogP contribution in [0, 0.1) is 20.8 Å². The molecule has 0 amide bonds. The van der Waals surface area contributed by atoms with Crippen LogP contribution in [0.2, 0.25) is 0 Å². The number of carbonyl (C=O) groups excluding carboxylic acids is 1. The van der Waals surface area contributed by atoms with Crippen LogP contribution < -0.4 is 0 Å². The zero-order valence-corrected chi connectivity index (χ0v) is 15.5. The first-order valence-electron chi connectivity index (χ1n) is 8.00. The van der Waals surface area contributed by atoms with Crippen molar-refractivity contribution < 1.29 is 9.90 Å². The van der Waals surface area contributed by atoms with E-state index < -0.39 is 0 Å². The fourth-order valence-corrected chi connectivity index (χ4v) is 6.04. The van der Waals surface area contributed by atoms with E-state index in [0.29, 0.717) is 24.2 Å². The number of hydrogen-bond acceptors (Lipinski definition) is 3. The highest BCUT2D eigenvalue weighted by Crippen LogP contribution is 2.60. The monoisotopic (exact) mass is 426 g/mol. The van der Waals surface area contributed by atoms with Crippen LogP contribution in [0.4, 0.5) is 0 Å². The Morgan fingerprint density at radius 2 is 2.14 bits per heavy atom. The van der Waals surface area contributed by atoms with Gasteiger partial charge in [-0.3, -0.25) is 4.79 Å². The fraction of sp³-hybridized carbons (Fsp3) is 0.556. The van der Waals surface area contributed by atoms with Crippen LogP contribution in [-0.2, 0) is 0 Å². The molecule has 1 aromatic carbocycles. The average molecular weight is 426 g/mol. The van der Waals surface area contributed by atoms with Crippen LogP contribution in [0.3, 0.4) is 0 Å². The van der Waals surface area contributed by atoms with Crippen molar-refractivity contribution in [3.8, 4) is 5.75 Å². The van der Waals surface area contributed by atoms with Crippen molar-refractivity contribution in [2.24, 2.45) is 17.3 Å². The van der Waals surface area contributed by atoms with Crippen molar-refractivity contribution in [2.45, 2.75) is 44.9 Å². The summed E-state index contributed by atoms with van der Waals surface area (Å²) in [6.45, 7) is 2.32. The summed E-state index contributed by atoms with van der Waals surface area (Å²) in [6, 6.07) is 3.72. The van der Waals surface area contributed by atoms with Crippen LogP contribution in [0.25, 0.3) is 0 Å². The zero-order chi connectivity index (χ0) is 15.6. The number of hydrogen-bond donors (Lipinski definition) is 1. The molecule has 4 atom stereocenters. The number of halogens is 1. The summed E-state index contributed by atoms with van der Waals surface area (Å²) in [5.74, 6) is 1.88. The van der Waals surface area contributed by atoms with E-state index in [9.17, 15) is 9.90 Å². The Morgan fingerprint density at radius 3 is 2.91 bits per heavy atom. The molecule has 116 valence electrons. The van der Waals surface area contributed by atoms with Gasteiger partial charge in [0.15, 0.2) is 5.78 Å². The summed E-state index contributed by atoms with van der Waals surface area (Å²) in [5.41, 5.74) is 2.09. The molecule has 4 heteroatoms. The molecule has 2 saturated carbocycles. The normalized spacial score (nSPS) is 36.7. The molecule has 0 saturated heterocycles. The molecule has 22 heavy (non-hydrogen) atoms. The van der Waals surface area contributed by atoms with Gasteiger partial charge in [0.2, 0.25) is 0 Å². The third-order valence-electron chi connectivity index (χ3n) is 6.39. The molecule has 0 aromatic heterocycles. The maximum absolute atomic E-state index is 12.6. The molecule has 3 aliphatic rings. The molecule has 0 bridgehead atoms. The number of aromatic hydroxyl groups is 1. The van der Waals surface area contributed by atoms with Gasteiger partial charge in [0, 0.05) is 17.4 Å². The lowest BCUT2D eigenvalue weighted by Gasteiger charge is -2.48. The number of ketones is 1. The second kappa shape index (κ2) is 5.00. The van der Waals surface area contributed by atoms with E-state index in [2.05, 4.69) is 29.5 Å². The maximum Gasteiger partial charge on any atom is 0.163 e. The molecule has 1 N–H and O–H groups in total. The number of Topliss-reactive ketones (excluding diaryl/α,β-unsaturated/α-hetero) is 1. The van der Waals surface area contributed by atoms with E-state index in [4.69, 9.17) is 12.2 Å². The second-order valence-corrected chi connectivity index (χ2v) is 8.97.